The fourth-order valence-corrected chi connectivity index (χ4v) is 2.86. The molecule has 0 bridgehead atoms. The Kier molecular flexibility index (Phi) is 4.71. The normalized spacial score (nSPS) is 15.7. The molecular formula is C11H16F2N4O2S. The number of thiazole rings is 1. The number of anilines is 2. The number of hydrogen-bond donors (Lipinski definition) is 1. The Balaban J connectivity index is 2.12. The molecule has 1 aromatic heterocycles. The lowest BCUT2D eigenvalue weighted by Gasteiger charge is -2.25. The Bertz CT molecular complexity index is 477. The molecule has 0 radical (unpaired) electrons. The van der Waals surface area contributed by atoms with Gasteiger partial charge in [-0.25, -0.2) is 13.8 Å². The van der Waals surface area contributed by atoms with Crippen molar-refractivity contribution in [2.45, 2.75) is 6.43 Å². The summed E-state index contributed by atoms with van der Waals surface area (Å²) in [6, 6.07) is 0. The summed E-state index contributed by atoms with van der Waals surface area (Å²) in [5.74, 6) is -0.442. The second-order valence-corrected chi connectivity index (χ2v) is 5.36. The Morgan fingerprint density at radius 2 is 2.20 bits per heavy atom. The average molecular weight is 306 g/mol. The summed E-state index contributed by atoms with van der Waals surface area (Å²) in [5.41, 5.74) is 5.72. The Morgan fingerprint density at radius 3 is 2.80 bits per heavy atom. The van der Waals surface area contributed by atoms with Crippen LogP contribution in [-0.2, 0) is 4.74 Å². The molecule has 9 heteroatoms. The molecule has 0 aliphatic carbocycles. The van der Waals surface area contributed by atoms with E-state index in [9.17, 15) is 13.6 Å². The third-order valence-electron chi connectivity index (χ3n) is 2.88. The van der Waals surface area contributed by atoms with Gasteiger partial charge in [-0.2, -0.15) is 0 Å². The largest absolute Gasteiger partial charge is 0.382 e. The summed E-state index contributed by atoms with van der Waals surface area (Å²) in [5, 5.41) is 0.625. The topological polar surface area (TPSA) is 71.7 Å². The van der Waals surface area contributed by atoms with Gasteiger partial charge in [0.1, 0.15) is 10.7 Å². The molecule has 20 heavy (non-hydrogen) atoms. The van der Waals surface area contributed by atoms with Crippen LogP contribution in [-0.4, -0.2) is 62.1 Å². The zero-order valence-corrected chi connectivity index (χ0v) is 11.8. The molecular weight excluding hydrogens is 290 g/mol. The fraction of sp³-hybridized carbons (Fsp3) is 0.636. The number of alkyl halides is 2. The van der Waals surface area contributed by atoms with Crippen molar-refractivity contribution in [3.63, 3.8) is 0 Å². The number of aromatic nitrogens is 1. The molecule has 0 aromatic carbocycles. The lowest BCUT2D eigenvalue weighted by atomic mass is 10.4. The molecule has 1 aromatic rings. The number of rotatable bonds is 4. The predicted molar refractivity (Wildman–Crippen MR) is 72.5 cm³/mol. The van der Waals surface area contributed by atoms with Crippen molar-refractivity contribution in [3.05, 3.63) is 4.88 Å². The van der Waals surface area contributed by atoms with Crippen molar-refractivity contribution in [1.29, 1.82) is 0 Å². The minimum absolute atomic E-state index is 0.0857. The molecule has 1 amide bonds. The SMILES string of the molecule is CN(CC(F)F)C(=O)c1sc(N2CCOCC2)nc1N. The van der Waals surface area contributed by atoms with Crippen molar-refractivity contribution in [2.75, 3.05) is 50.5 Å². The number of nitrogens with zero attached hydrogens (tertiary/aromatic N) is 3. The van der Waals surface area contributed by atoms with Crippen molar-refractivity contribution in [3.8, 4) is 0 Å². The van der Waals surface area contributed by atoms with Gasteiger partial charge in [-0.1, -0.05) is 11.3 Å². The van der Waals surface area contributed by atoms with Crippen LogP contribution in [0.3, 0.4) is 0 Å². The first kappa shape index (κ1) is 14.9. The van der Waals surface area contributed by atoms with E-state index < -0.39 is 18.9 Å². The van der Waals surface area contributed by atoms with Crippen LogP contribution in [0.1, 0.15) is 9.67 Å². The zero-order valence-electron chi connectivity index (χ0n) is 11.0. The molecule has 2 heterocycles. The number of hydrogen-bond acceptors (Lipinski definition) is 6. The van der Waals surface area contributed by atoms with Crippen LogP contribution in [0, 0.1) is 0 Å². The molecule has 6 nitrogen and oxygen atoms in total. The highest BCUT2D eigenvalue weighted by Crippen LogP contribution is 2.29. The Labute approximate surface area is 119 Å². The molecule has 1 aliphatic heterocycles. The molecule has 1 saturated heterocycles. The predicted octanol–water partition coefficient (Wildman–Crippen LogP) is 0.899. The minimum Gasteiger partial charge on any atom is -0.382 e. The first-order valence-electron chi connectivity index (χ1n) is 6.11. The number of halogens is 2. The van der Waals surface area contributed by atoms with Crippen LogP contribution >= 0.6 is 11.3 Å². The van der Waals surface area contributed by atoms with E-state index in [0.29, 0.717) is 31.4 Å². The zero-order chi connectivity index (χ0) is 14.7. The number of nitrogens with two attached hydrogens (primary N) is 1. The number of carbonyl (C=O) groups excluding carboxylic acids is 1. The third kappa shape index (κ3) is 3.34. The second-order valence-electron chi connectivity index (χ2n) is 4.39. The second kappa shape index (κ2) is 6.31. The molecule has 1 aliphatic rings. The minimum atomic E-state index is -2.57. The molecule has 2 rings (SSSR count). The van der Waals surface area contributed by atoms with Crippen LogP contribution in [0.15, 0.2) is 0 Å². The molecule has 2 N–H and O–H groups in total. The maximum Gasteiger partial charge on any atom is 0.267 e. The monoisotopic (exact) mass is 306 g/mol. The summed E-state index contributed by atoms with van der Waals surface area (Å²) < 4.78 is 29.8. The van der Waals surface area contributed by atoms with Gasteiger partial charge in [-0.3, -0.25) is 4.79 Å². The van der Waals surface area contributed by atoms with Crippen LogP contribution in [0.5, 0.6) is 0 Å². The van der Waals surface area contributed by atoms with Crippen molar-refractivity contribution in [2.24, 2.45) is 0 Å². The lowest BCUT2D eigenvalue weighted by Crippen LogP contribution is -2.36. The Morgan fingerprint density at radius 1 is 1.55 bits per heavy atom. The van der Waals surface area contributed by atoms with Gasteiger partial charge in [0, 0.05) is 20.1 Å². The van der Waals surface area contributed by atoms with Gasteiger partial charge >= 0.3 is 0 Å². The third-order valence-corrected chi connectivity index (χ3v) is 4.00. The molecule has 0 unspecified atom stereocenters. The summed E-state index contributed by atoms with van der Waals surface area (Å²) in [7, 11) is 1.32. The van der Waals surface area contributed by atoms with Gasteiger partial charge in [-0.15, -0.1) is 0 Å². The Hall–Kier alpha value is -1.48. The number of carbonyl (C=O) groups is 1. The molecule has 112 valence electrons. The van der Waals surface area contributed by atoms with E-state index in [0.717, 1.165) is 16.2 Å². The number of morpholine rings is 1. The summed E-state index contributed by atoms with van der Waals surface area (Å²) in [6.07, 6.45) is -2.57. The highest BCUT2D eigenvalue weighted by atomic mass is 32.1. The quantitative estimate of drug-likeness (QED) is 0.895. The van der Waals surface area contributed by atoms with Gasteiger partial charge in [-0.05, 0) is 0 Å². The van der Waals surface area contributed by atoms with Crippen molar-refractivity contribution >= 4 is 28.2 Å². The number of ether oxygens (including phenoxy) is 1. The molecule has 0 saturated carbocycles. The number of nitrogen functional groups attached to an aromatic ring is 1. The lowest BCUT2D eigenvalue weighted by molar-refractivity contribution is 0.0625. The summed E-state index contributed by atoms with van der Waals surface area (Å²) >= 11 is 1.13. The van der Waals surface area contributed by atoms with Crippen LogP contribution in [0.25, 0.3) is 0 Å². The van der Waals surface area contributed by atoms with E-state index in [-0.39, 0.29) is 10.7 Å². The first-order valence-corrected chi connectivity index (χ1v) is 6.93. The van der Waals surface area contributed by atoms with Gasteiger partial charge < -0.3 is 20.3 Å². The van der Waals surface area contributed by atoms with E-state index in [1.807, 2.05) is 4.90 Å². The molecule has 0 spiro atoms. The first-order chi connectivity index (χ1) is 9.49. The summed E-state index contributed by atoms with van der Waals surface area (Å²) in [4.78, 5) is 19.3. The van der Waals surface area contributed by atoms with E-state index in [1.165, 1.54) is 7.05 Å². The van der Waals surface area contributed by atoms with Crippen LogP contribution < -0.4 is 10.6 Å². The number of amides is 1. The van der Waals surface area contributed by atoms with Gasteiger partial charge in [0.15, 0.2) is 5.13 Å². The van der Waals surface area contributed by atoms with E-state index in [1.54, 1.807) is 0 Å². The maximum absolute atomic E-state index is 12.3. The molecule has 1 fully saturated rings. The standard InChI is InChI=1S/C11H16F2N4O2S/c1-16(6-7(12)13)10(18)8-9(14)15-11(20-8)17-2-4-19-5-3-17/h7H,2-6,14H2,1H3. The van der Waals surface area contributed by atoms with Gasteiger partial charge in [0.2, 0.25) is 0 Å². The van der Waals surface area contributed by atoms with Crippen molar-refractivity contribution < 1.29 is 18.3 Å². The van der Waals surface area contributed by atoms with Crippen LogP contribution in [0.4, 0.5) is 19.7 Å². The fourth-order valence-electron chi connectivity index (χ4n) is 1.83. The highest BCUT2D eigenvalue weighted by Gasteiger charge is 2.24. The maximum atomic E-state index is 12.3. The van der Waals surface area contributed by atoms with E-state index in [2.05, 4.69) is 4.98 Å². The van der Waals surface area contributed by atoms with E-state index in [4.69, 9.17) is 10.5 Å². The summed E-state index contributed by atoms with van der Waals surface area (Å²) in [6.45, 7) is 1.91. The van der Waals surface area contributed by atoms with Gasteiger partial charge in [0.25, 0.3) is 12.3 Å². The van der Waals surface area contributed by atoms with E-state index >= 15 is 0 Å². The smallest absolute Gasteiger partial charge is 0.267 e. The van der Waals surface area contributed by atoms with Gasteiger partial charge in [0.05, 0.1) is 19.8 Å². The van der Waals surface area contributed by atoms with Crippen molar-refractivity contribution in [1.82, 2.24) is 9.88 Å². The highest BCUT2D eigenvalue weighted by molar-refractivity contribution is 7.18. The molecule has 0 atom stereocenters. The van der Waals surface area contributed by atoms with Crippen LogP contribution in [0.2, 0.25) is 0 Å². The average Bonchev–Trinajstić information content (AvgIpc) is 2.80.